The van der Waals surface area contributed by atoms with E-state index in [0.29, 0.717) is 0 Å². The van der Waals surface area contributed by atoms with Gasteiger partial charge in [0.15, 0.2) is 0 Å². The van der Waals surface area contributed by atoms with Gasteiger partial charge in [-0.15, -0.1) is 0 Å². The summed E-state index contributed by atoms with van der Waals surface area (Å²) in [5, 5.41) is 0. The molecule has 0 rings (SSSR count). The maximum absolute atomic E-state index is 2.51. The fourth-order valence-corrected chi connectivity index (χ4v) is 2.57. The third-order valence-electron chi connectivity index (χ3n) is 4.14. The van der Waals surface area contributed by atoms with E-state index in [1.54, 1.807) is 0 Å². The van der Waals surface area contributed by atoms with Crippen molar-refractivity contribution in [3.8, 4) is 0 Å². The molecule has 0 aliphatic rings. The smallest absolute Gasteiger partial charge is 0.000387 e. The number of hydrogen-bond acceptors (Lipinski definition) is 1. The Morgan fingerprint density at radius 1 is 0.789 bits per heavy atom. The number of unbranched alkanes of at least 4 members (excludes halogenated alkanes) is 6. The number of nitrogens with zero attached hydrogens (tertiary/aromatic N) is 1. The summed E-state index contributed by atoms with van der Waals surface area (Å²) >= 11 is 0. The lowest BCUT2D eigenvalue weighted by Gasteiger charge is -2.20. The highest BCUT2D eigenvalue weighted by Gasteiger charge is 2.03. The average Bonchev–Trinajstić information content (AvgIpc) is 2.36. The SMILES string of the molecule is CCC(C)CN(C)CCCCCCCCCC(C)C. The fraction of sp³-hybridized carbons (Fsp3) is 1.00. The summed E-state index contributed by atoms with van der Waals surface area (Å²) in [5.74, 6) is 1.74. The van der Waals surface area contributed by atoms with Crippen LogP contribution in [0, 0.1) is 11.8 Å². The molecule has 19 heavy (non-hydrogen) atoms. The van der Waals surface area contributed by atoms with E-state index in [9.17, 15) is 0 Å². The van der Waals surface area contributed by atoms with Gasteiger partial charge in [-0.25, -0.2) is 0 Å². The monoisotopic (exact) mass is 269 g/mol. The minimum absolute atomic E-state index is 0.853. The summed E-state index contributed by atoms with van der Waals surface area (Å²) in [7, 11) is 2.28. The Morgan fingerprint density at radius 3 is 1.84 bits per heavy atom. The molecule has 0 bridgehead atoms. The van der Waals surface area contributed by atoms with Crippen molar-refractivity contribution >= 4 is 0 Å². The molecule has 0 amide bonds. The Bertz CT molecular complexity index is 177. The van der Waals surface area contributed by atoms with Crippen LogP contribution < -0.4 is 0 Å². The average molecular weight is 270 g/mol. The van der Waals surface area contributed by atoms with Crippen LogP contribution in [0.1, 0.15) is 85.5 Å². The van der Waals surface area contributed by atoms with E-state index in [2.05, 4.69) is 39.6 Å². The molecule has 0 spiro atoms. The third-order valence-corrected chi connectivity index (χ3v) is 4.14. The van der Waals surface area contributed by atoms with Crippen molar-refractivity contribution in [1.82, 2.24) is 4.90 Å². The molecule has 0 heterocycles. The number of rotatable bonds is 13. The van der Waals surface area contributed by atoms with E-state index >= 15 is 0 Å². The minimum atomic E-state index is 0.853. The predicted molar refractivity (Wildman–Crippen MR) is 88.7 cm³/mol. The summed E-state index contributed by atoms with van der Waals surface area (Å²) in [5.41, 5.74) is 0. The summed E-state index contributed by atoms with van der Waals surface area (Å²) in [6.07, 6.45) is 12.8. The molecule has 0 radical (unpaired) electrons. The van der Waals surface area contributed by atoms with E-state index in [1.165, 1.54) is 70.9 Å². The van der Waals surface area contributed by atoms with Gasteiger partial charge in [-0.1, -0.05) is 79.1 Å². The molecule has 0 saturated carbocycles. The van der Waals surface area contributed by atoms with Crippen LogP contribution in [0.4, 0.5) is 0 Å². The molecule has 0 aliphatic heterocycles. The molecule has 1 nitrogen and oxygen atoms in total. The van der Waals surface area contributed by atoms with Gasteiger partial charge in [0.05, 0.1) is 0 Å². The van der Waals surface area contributed by atoms with Crippen LogP contribution in [0.2, 0.25) is 0 Å². The second-order valence-corrected chi connectivity index (χ2v) is 6.93. The van der Waals surface area contributed by atoms with Crippen molar-refractivity contribution in [2.45, 2.75) is 85.5 Å². The second kappa shape index (κ2) is 13.0. The first-order chi connectivity index (χ1) is 9.06. The molecule has 0 aliphatic carbocycles. The van der Waals surface area contributed by atoms with Gasteiger partial charge in [0.1, 0.15) is 0 Å². The first-order valence-corrected chi connectivity index (χ1v) is 8.74. The van der Waals surface area contributed by atoms with Gasteiger partial charge in [-0.2, -0.15) is 0 Å². The molecule has 0 saturated heterocycles. The zero-order chi connectivity index (χ0) is 14.5. The Morgan fingerprint density at radius 2 is 1.32 bits per heavy atom. The van der Waals surface area contributed by atoms with E-state index in [0.717, 1.165) is 11.8 Å². The molecular formula is C18H39N. The Hall–Kier alpha value is -0.0400. The van der Waals surface area contributed by atoms with Crippen molar-refractivity contribution < 1.29 is 0 Å². The zero-order valence-corrected chi connectivity index (χ0v) is 14.4. The predicted octanol–water partition coefficient (Wildman–Crippen LogP) is 5.74. The largest absolute Gasteiger partial charge is 0.306 e. The molecule has 0 aromatic rings. The normalized spacial score (nSPS) is 13.4. The highest BCUT2D eigenvalue weighted by Crippen LogP contribution is 2.12. The van der Waals surface area contributed by atoms with Crippen molar-refractivity contribution in [2.24, 2.45) is 11.8 Å². The molecule has 1 atom stereocenters. The van der Waals surface area contributed by atoms with Gasteiger partial charge in [0, 0.05) is 6.54 Å². The maximum atomic E-state index is 2.51. The minimum Gasteiger partial charge on any atom is -0.306 e. The molecule has 0 fully saturated rings. The van der Waals surface area contributed by atoms with Crippen LogP contribution in [-0.2, 0) is 0 Å². The standard InChI is InChI=1S/C18H39N/c1-6-18(4)16-19(5)15-13-11-9-7-8-10-12-14-17(2)3/h17-18H,6-16H2,1-5H3. The molecular weight excluding hydrogens is 230 g/mol. The second-order valence-electron chi connectivity index (χ2n) is 6.93. The van der Waals surface area contributed by atoms with Gasteiger partial charge in [-0.3, -0.25) is 0 Å². The van der Waals surface area contributed by atoms with E-state index in [-0.39, 0.29) is 0 Å². The molecule has 0 N–H and O–H groups in total. The highest BCUT2D eigenvalue weighted by atomic mass is 15.1. The lowest BCUT2D eigenvalue weighted by atomic mass is 10.0. The first-order valence-electron chi connectivity index (χ1n) is 8.74. The maximum Gasteiger partial charge on any atom is 0.000387 e. The van der Waals surface area contributed by atoms with Gasteiger partial charge < -0.3 is 4.90 Å². The molecule has 0 aromatic heterocycles. The van der Waals surface area contributed by atoms with E-state index in [1.807, 2.05) is 0 Å². The summed E-state index contributed by atoms with van der Waals surface area (Å²) in [6, 6.07) is 0. The van der Waals surface area contributed by atoms with Crippen LogP contribution in [-0.4, -0.2) is 25.0 Å². The van der Waals surface area contributed by atoms with E-state index in [4.69, 9.17) is 0 Å². The topological polar surface area (TPSA) is 3.24 Å². The Balaban J connectivity index is 3.18. The van der Waals surface area contributed by atoms with Gasteiger partial charge in [0.2, 0.25) is 0 Å². The van der Waals surface area contributed by atoms with E-state index < -0.39 is 0 Å². The molecule has 1 heteroatoms. The Labute approximate surface area is 123 Å². The van der Waals surface area contributed by atoms with Crippen molar-refractivity contribution in [3.63, 3.8) is 0 Å². The fourth-order valence-electron chi connectivity index (χ4n) is 2.57. The quantitative estimate of drug-likeness (QED) is 0.385. The lowest BCUT2D eigenvalue weighted by Crippen LogP contribution is -2.25. The van der Waals surface area contributed by atoms with Crippen LogP contribution >= 0.6 is 0 Å². The molecule has 1 unspecified atom stereocenters. The highest BCUT2D eigenvalue weighted by molar-refractivity contribution is 4.58. The van der Waals surface area contributed by atoms with Crippen LogP contribution in [0.15, 0.2) is 0 Å². The van der Waals surface area contributed by atoms with Crippen LogP contribution in [0.25, 0.3) is 0 Å². The van der Waals surface area contributed by atoms with Gasteiger partial charge >= 0.3 is 0 Å². The summed E-state index contributed by atoms with van der Waals surface area (Å²) in [6.45, 7) is 11.9. The number of hydrogen-bond donors (Lipinski definition) is 0. The molecule has 116 valence electrons. The van der Waals surface area contributed by atoms with Crippen LogP contribution in [0.5, 0.6) is 0 Å². The van der Waals surface area contributed by atoms with Crippen molar-refractivity contribution in [3.05, 3.63) is 0 Å². The van der Waals surface area contributed by atoms with Gasteiger partial charge in [-0.05, 0) is 31.8 Å². The van der Waals surface area contributed by atoms with Crippen molar-refractivity contribution in [1.29, 1.82) is 0 Å². The van der Waals surface area contributed by atoms with Crippen molar-refractivity contribution in [2.75, 3.05) is 20.1 Å². The van der Waals surface area contributed by atoms with Crippen LogP contribution in [0.3, 0.4) is 0 Å². The first kappa shape index (κ1) is 19.0. The lowest BCUT2D eigenvalue weighted by molar-refractivity contribution is 0.276. The molecule has 0 aromatic carbocycles. The summed E-state index contributed by atoms with van der Waals surface area (Å²) in [4.78, 5) is 2.51. The Kier molecular flexibility index (Phi) is 12.9. The van der Waals surface area contributed by atoms with Gasteiger partial charge in [0.25, 0.3) is 0 Å². The third kappa shape index (κ3) is 14.2. The zero-order valence-electron chi connectivity index (χ0n) is 14.4. The summed E-state index contributed by atoms with van der Waals surface area (Å²) < 4.78 is 0.